The molecule has 0 spiro atoms. The molecule has 0 saturated carbocycles. The Bertz CT molecular complexity index is 1360. The molecule has 8 nitrogen and oxygen atoms in total. The molecule has 44 heavy (non-hydrogen) atoms. The summed E-state index contributed by atoms with van der Waals surface area (Å²) in [5.74, 6) is 0.274. The van der Waals surface area contributed by atoms with E-state index in [2.05, 4.69) is 43.4 Å². The number of phenolic OH excluding ortho intramolecular Hbond substituents is 1. The lowest BCUT2D eigenvalue weighted by Gasteiger charge is -2.43. The van der Waals surface area contributed by atoms with E-state index < -0.39 is 12.1 Å². The van der Waals surface area contributed by atoms with Crippen LogP contribution in [0.1, 0.15) is 55.7 Å². The highest BCUT2D eigenvalue weighted by Gasteiger charge is 2.43. The number of nitrogens with one attached hydrogen (secondary N) is 1. The quantitative estimate of drug-likeness (QED) is 0.335. The van der Waals surface area contributed by atoms with Gasteiger partial charge in [-0.2, -0.15) is 0 Å². The van der Waals surface area contributed by atoms with Gasteiger partial charge in [-0.05, 0) is 54.0 Å². The van der Waals surface area contributed by atoms with Crippen LogP contribution in [0.25, 0.3) is 0 Å². The van der Waals surface area contributed by atoms with Crippen molar-refractivity contribution in [2.24, 2.45) is 11.8 Å². The Morgan fingerprint density at radius 3 is 2.14 bits per heavy atom. The standard InChI is InChI=1S/C36H44N4O4/c1-26(2)18-21-38-25-33-39(22-19-34(42)40(33)24-30(35(38)43)23-27-13-15-31(41)16-14-27)36(44)37-20-17-32(28-9-5-3-6-10-28)29-11-7-4-8-12-29/h3-16,26,30,32-33,41H,17-25H2,1-2H3,(H,37,44)/t30-,33?/m1/s1. The van der Waals surface area contributed by atoms with Crippen LogP contribution in [0, 0.1) is 11.8 Å². The number of carbonyl (C=O) groups excluding carboxylic acids is 3. The van der Waals surface area contributed by atoms with E-state index >= 15 is 0 Å². The number of phenols is 1. The van der Waals surface area contributed by atoms with Gasteiger partial charge in [0.1, 0.15) is 11.9 Å². The summed E-state index contributed by atoms with van der Waals surface area (Å²) in [7, 11) is 0. The molecular formula is C36H44N4O4. The van der Waals surface area contributed by atoms with Crippen LogP contribution < -0.4 is 5.32 Å². The van der Waals surface area contributed by atoms with E-state index in [1.165, 1.54) is 11.1 Å². The zero-order valence-electron chi connectivity index (χ0n) is 25.8. The molecule has 4 amide bonds. The smallest absolute Gasteiger partial charge is 0.319 e. The second kappa shape index (κ2) is 14.4. The number of benzene rings is 3. The third-order valence-corrected chi connectivity index (χ3v) is 8.84. The van der Waals surface area contributed by atoms with Gasteiger partial charge in [0, 0.05) is 38.5 Å². The lowest BCUT2D eigenvalue weighted by atomic mass is 9.88. The van der Waals surface area contributed by atoms with Crippen molar-refractivity contribution >= 4 is 17.8 Å². The van der Waals surface area contributed by atoms with Crippen molar-refractivity contribution in [3.05, 3.63) is 102 Å². The van der Waals surface area contributed by atoms with Crippen LogP contribution >= 0.6 is 0 Å². The number of hydrogen-bond acceptors (Lipinski definition) is 4. The van der Waals surface area contributed by atoms with Gasteiger partial charge in [-0.25, -0.2) is 4.79 Å². The first-order valence-corrected chi connectivity index (χ1v) is 15.8. The monoisotopic (exact) mass is 596 g/mol. The van der Waals surface area contributed by atoms with Crippen LogP contribution in [0.2, 0.25) is 0 Å². The molecule has 2 atom stereocenters. The van der Waals surface area contributed by atoms with Crippen molar-refractivity contribution in [1.82, 2.24) is 20.0 Å². The van der Waals surface area contributed by atoms with E-state index in [-0.39, 0.29) is 42.5 Å². The van der Waals surface area contributed by atoms with E-state index in [1.807, 2.05) is 53.4 Å². The highest BCUT2D eigenvalue weighted by atomic mass is 16.3. The van der Waals surface area contributed by atoms with Gasteiger partial charge in [-0.3, -0.25) is 9.59 Å². The van der Waals surface area contributed by atoms with Gasteiger partial charge in [0.05, 0.1) is 12.5 Å². The van der Waals surface area contributed by atoms with Crippen molar-refractivity contribution in [2.75, 3.05) is 32.7 Å². The molecule has 5 rings (SSSR count). The molecule has 3 aromatic rings. The maximum absolute atomic E-state index is 13.9. The number of aromatic hydroxyl groups is 1. The molecule has 232 valence electrons. The topological polar surface area (TPSA) is 93.2 Å². The van der Waals surface area contributed by atoms with E-state index in [9.17, 15) is 19.5 Å². The molecule has 1 unspecified atom stereocenters. The van der Waals surface area contributed by atoms with Crippen molar-refractivity contribution in [3.8, 4) is 5.75 Å². The fourth-order valence-electron chi connectivity index (χ4n) is 6.37. The van der Waals surface area contributed by atoms with Gasteiger partial charge in [-0.1, -0.05) is 86.6 Å². The summed E-state index contributed by atoms with van der Waals surface area (Å²) in [6.07, 6.45) is 1.74. The Labute approximate surface area is 260 Å². The SMILES string of the molecule is CC(C)CCN1CC2N(C[C@@H](Cc3ccc(O)cc3)C1=O)C(=O)CCN2C(=O)NCCC(c1ccccc1)c1ccccc1. The minimum absolute atomic E-state index is 0.00912. The van der Waals surface area contributed by atoms with E-state index in [1.54, 1.807) is 21.9 Å². The van der Waals surface area contributed by atoms with Gasteiger partial charge >= 0.3 is 6.03 Å². The molecule has 2 aliphatic rings. The summed E-state index contributed by atoms with van der Waals surface area (Å²) < 4.78 is 0. The molecule has 0 bridgehead atoms. The molecule has 0 aromatic heterocycles. The molecule has 2 fully saturated rings. The van der Waals surface area contributed by atoms with Crippen LogP contribution in [0.4, 0.5) is 4.79 Å². The van der Waals surface area contributed by atoms with E-state index in [0.717, 1.165) is 18.4 Å². The van der Waals surface area contributed by atoms with E-state index in [0.29, 0.717) is 38.5 Å². The second-order valence-corrected chi connectivity index (χ2v) is 12.4. The van der Waals surface area contributed by atoms with Gasteiger partial charge in [-0.15, -0.1) is 0 Å². The highest BCUT2D eigenvalue weighted by Crippen LogP contribution is 2.29. The number of rotatable bonds is 10. The first-order chi connectivity index (χ1) is 21.3. The summed E-state index contributed by atoms with van der Waals surface area (Å²) >= 11 is 0. The number of nitrogens with zero attached hydrogens (tertiary/aromatic N) is 3. The van der Waals surface area contributed by atoms with Crippen molar-refractivity contribution in [2.45, 2.75) is 51.6 Å². The molecule has 0 radical (unpaired) electrons. The average Bonchev–Trinajstić information content (AvgIpc) is 3.17. The van der Waals surface area contributed by atoms with Crippen LogP contribution in [-0.2, 0) is 16.0 Å². The summed E-state index contributed by atoms with van der Waals surface area (Å²) in [5, 5.41) is 12.9. The maximum Gasteiger partial charge on any atom is 0.319 e. The van der Waals surface area contributed by atoms with Crippen molar-refractivity contribution in [3.63, 3.8) is 0 Å². The zero-order valence-corrected chi connectivity index (χ0v) is 25.8. The number of hydrogen-bond donors (Lipinski definition) is 2. The molecule has 8 heteroatoms. The molecule has 2 heterocycles. The predicted molar refractivity (Wildman–Crippen MR) is 171 cm³/mol. The minimum Gasteiger partial charge on any atom is -0.508 e. The molecule has 2 saturated heterocycles. The Morgan fingerprint density at radius 2 is 1.52 bits per heavy atom. The fraction of sp³-hybridized carbons (Fsp3) is 0.417. The lowest BCUT2D eigenvalue weighted by Crippen LogP contribution is -2.62. The van der Waals surface area contributed by atoms with Crippen LogP contribution in [0.5, 0.6) is 5.75 Å². The number of carbonyl (C=O) groups is 3. The van der Waals surface area contributed by atoms with Gasteiger partial charge in [0.2, 0.25) is 11.8 Å². The summed E-state index contributed by atoms with van der Waals surface area (Å²) in [6, 6.07) is 27.3. The summed E-state index contributed by atoms with van der Waals surface area (Å²) in [5.41, 5.74) is 3.32. The largest absolute Gasteiger partial charge is 0.508 e. The van der Waals surface area contributed by atoms with Crippen LogP contribution in [-0.4, -0.2) is 76.5 Å². The normalized spacial score (nSPS) is 18.9. The number of urea groups is 1. The summed E-state index contributed by atoms with van der Waals surface area (Å²) in [6.45, 7) is 6.19. The third-order valence-electron chi connectivity index (χ3n) is 8.84. The molecule has 2 aliphatic heterocycles. The predicted octanol–water partition coefficient (Wildman–Crippen LogP) is 5.23. The highest BCUT2D eigenvalue weighted by molar-refractivity contribution is 5.85. The number of amides is 4. The van der Waals surface area contributed by atoms with Crippen molar-refractivity contribution < 1.29 is 19.5 Å². The maximum atomic E-state index is 13.9. The van der Waals surface area contributed by atoms with E-state index in [4.69, 9.17) is 0 Å². The average molecular weight is 597 g/mol. The number of fused-ring (bicyclic) bond motifs is 1. The van der Waals surface area contributed by atoms with Crippen LogP contribution in [0.15, 0.2) is 84.9 Å². The second-order valence-electron chi connectivity index (χ2n) is 12.4. The first kappa shape index (κ1) is 31.1. The Hall–Kier alpha value is -4.33. The fourth-order valence-corrected chi connectivity index (χ4v) is 6.37. The Morgan fingerprint density at radius 1 is 0.886 bits per heavy atom. The molecule has 3 aromatic carbocycles. The zero-order chi connectivity index (χ0) is 31.1. The molecule has 0 aliphatic carbocycles. The summed E-state index contributed by atoms with van der Waals surface area (Å²) in [4.78, 5) is 46.3. The molecular weight excluding hydrogens is 552 g/mol. The Balaban J connectivity index is 1.32. The van der Waals surface area contributed by atoms with Crippen LogP contribution in [0.3, 0.4) is 0 Å². The minimum atomic E-state index is -0.517. The third kappa shape index (κ3) is 7.59. The molecule has 2 N–H and O–H groups in total. The van der Waals surface area contributed by atoms with Gasteiger partial charge in [0.25, 0.3) is 0 Å². The van der Waals surface area contributed by atoms with Gasteiger partial charge in [0.15, 0.2) is 0 Å². The van der Waals surface area contributed by atoms with Gasteiger partial charge < -0.3 is 25.1 Å². The Kier molecular flexibility index (Phi) is 10.2. The lowest BCUT2D eigenvalue weighted by molar-refractivity contribution is -0.142. The van der Waals surface area contributed by atoms with Crippen molar-refractivity contribution in [1.29, 1.82) is 0 Å². The first-order valence-electron chi connectivity index (χ1n) is 15.8.